The van der Waals surface area contributed by atoms with E-state index in [2.05, 4.69) is 10.1 Å². The summed E-state index contributed by atoms with van der Waals surface area (Å²) in [6.45, 7) is -1.74. The van der Waals surface area contributed by atoms with Crippen LogP contribution >= 0.6 is 0 Å². The van der Waals surface area contributed by atoms with Gasteiger partial charge in [0.1, 0.15) is 5.82 Å². The van der Waals surface area contributed by atoms with E-state index < -0.39 is 6.61 Å². The number of ether oxygens (including phenoxy) is 2. The lowest BCUT2D eigenvalue weighted by molar-refractivity contribution is -0.0512. The van der Waals surface area contributed by atoms with Gasteiger partial charge in [0.15, 0.2) is 11.5 Å². The van der Waals surface area contributed by atoms with Crippen LogP contribution in [0.4, 0.5) is 13.2 Å². The fourth-order valence-corrected chi connectivity index (χ4v) is 2.65. The fourth-order valence-electron chi connectivity index (χ4n) is 2.65. The Morgan fingerprint density at radius 1 is 1.04 bits per heavy atom. The molecular weight excluding hydrogens is 345 g/mol. The van der Waals surface area contributed by atoms with Crippen molar-refractivity contribution >= 4 is 0 Å². The molecule has 7 heteroatoms. The topological polar surface area (TPSA) is 33.7 Å². The Kier molecular flexibility index (Phi) is 7.29. The van der Waals surface area contributed by atoms with E-state index in [1.165, 1.54) is 25.3 Å². The van der Waals surface area contributed by atoms with Crippen LogP contribution in [0.5, 0.6) is 11.5 Å². The first-order valence-corrected chi connectivity index (χ1v) is 8.15. The molecule has 4 nitrogen and oxygen atoms in total. The molecule has 0 fully saturated rings. The van der Waals surface area contributed by atoms with Gasteiger partial charge in [0, 0.05) is 19.1 Å². The van der Waals surface area contributed by atoms with E-state index in [1.807, 2.05) is 19.0 Å². The largest absolute Gasteiger partial charge is 0.493 e. The highest BCUT2D eigenvalue weighted by atomic mass is 19.3. The highest BCUT2D eigenvalue weighted by Crippen LogP contribution is 2.29. The summed E-state index contributed by atoms with van der Waals surface area (Å²) in [5.74, 6) is -0.00607. The molecule has 0 heterocycles. The number of likely N-dealkylation sites (N-methyl/N-ethyl adjacent to an activating group) is 1. The van der Waals surface area contributed by atoms with Crippen molar-refractivity contribution in [2.45, 2.75) is 19.2 Å². The molecule has 0 spiro atoms. The number of methoxy groups -OCH3 is 1. The summed E-state index contributed by atoms with van der Waals surface area (Å²) in [6.07, 6.45) is 0. The average Bonchev–Trinajstić information content (AvgIpc) is 2.60. The van der Waals surface area contributed by atoms with Gasteiger partial charge in [-0.3, -0.25) is 0 Å². The first-order chi connectivity index (χ1) is 12.4. The predicted molar refractivity (Wildman–Crippen MR) is 94.2 cm³/mol. The highest BCUT2D eigenvalue weighted by molar-refractivity contribution is 5.43. The third-order valence-electron chi connectivity index (χ3n) is 3.99. The third kappa shape index (κ3) is 5.64. The van der Waals surface area contributed by atoms with Gasteiger partial charge in [-0.15, -0.1) is 0 Å². The lowest BCUT2D eigenvalue weighted by atomic mass is 10.1. The van der Waals surface area contributed by atoms with Crippen LogP contribution < -0.4 is 14.8 Å². The lowest BCUT2D eigenvalue weighted by Crippen LogP contribution is -2.30. The molecule has 26 heavy (non-hydrogen) atoms. The summed E-state index contributed by atoms with van der Waals surface area (Å²) in [7, 11) is 5.31. The van der Waals surface area contributed by atoms with E-state index in [0.717, 1.165) is 11.1 Å². The second-order valence-corrected chi connectivity index (χ2v) is 6.03. The van der Waals surface area contributed by atoms with Crippen molar-refractivity contribution in [3.8, 4) is 11.5 Å². The molecule has 0 aliphatic carbocycles. The first-order valence-electron chi connectivity index (χ1n) is 8.15. The van der Waals surface area contributed by atoms with Crippen molar-refractivity contribution in [2.24, 2.45) is 0 Å². The third-order valence-corrected chi connectivity index (χ3v) is 3.99. The van der Waals surface area contributed by atoms with Crippen LogP contribution in [0.2, 0.25) is 0 Å². The smallest absolute Gasteiger partial charge is 0.387 e. The minimum absolute atomic E-state index is 0.00345. The Balaban J connectivity index is 1.99. The molecule has 2 aromatic carbocycles. The van der Waals surface area contributed by atoms with Crippen molar-refractivity contribution < 1.29 is 22.6 Å². The van der Waals surface area contributed by atoms with Crippen molar-refractivity contribution in [1.82, 2.24) is 10.2 Å². The molecule has 1 atom stereocenters. The molecule has 0 amide bonds. The first kappa shape index (κ1) is 20.1. The normalized spacial score (nSPS) is 12.5. The van der Waals surface area contributed by atoms with Crippen molar-refractivity contribution in [3.05, 3.63) is 59.4 Å². The maximum atomic E-state index is 13.1. The minimum Gasteiger partial charge on any atom is -0.493 e. The average molecular weight is 368 g/mol. The van der Waals surface area contributed by atoms with Crippen LogP contribution in [0.25, 0.3) is 0 Å². The number of nitrogens with one attached hydrogen (secondary N) is 1. The van der Waals surface area contributed by atoms with E-state index in [1.54, 1.807) is 24.3 Å². The van der Waals surface area contributed by atoms with Crippen LogP contribution in [0, 0.1) is 5.82 Å². The molecular formula is C19H23F3N2O2. The number of nitrogens with zero attached hydrogens (tertiary/aromatic N) is 1. The van der Waals surface area contributed by atoms with Gasteiger partial charge < -0.3 is 19.7 Å². The van der Waals surface area contributed by atoms with Gasteiger partial charge >= 0.3 is 6.61 Å². The number of hydrogen-bond acceptors (Lipinski definition) is 4. The monoisotopic (exact) mass is 368 g/mol. The van der Waals surface area contributed by atoms with Gasteiger partial charge in [0.05, 0.1) is 7.11 Å². The highest BCUT2D eigenvalue weighted by Gasteiger charge is 2.14. The quantitative estimate of drug-likeness (QED) is 0.729. The van der Waals surface area contributed by atoms with E-state index in [9.17, 15) is 13.2 Å². The lowest BCUT2D eigenvalue weighted by Gasteiger charge is -2.25. The molecule has 0 aliphatic rings. The maximum Gasteiger partial charge on any atom is 0.387 e. The molecule has 2 aromatic rings. The van der Waals surface area contributed by atoms with Crippen molar-refractivity contribution in [1.29, 1.82) is 0 Å². The standard InChI is InChI=1S/C19H23F3N2O2/c1-24(2)16(14-5-7-15(20)8-6-14)12-23-11-13-4-9-17(26-19(21)22)18(10-13)25-3/h4-10,16,19,23H,11-12H2,1-3H3. The summed E-state index contributed by atoms with van der Waals surface area (Å²) in [5.41, 5.74) is 1.88. The molecule has 2 rings (SSSR count). The Morgan fingerprint density at radius 3 is 2.31 bits per heavy atom. The van der Waals surface area contributed by atoms with E-state index in [4.69, 9.17) is 4.74 Å². The fraction of sp³-hybridized carbons (Fsp3) is 0.368. The van der Waals surface area contributed by atoms with E-state index in [0.29, 0.717) is 13.1 Å². The number of alkyl halides is 2. The number of benzene rings is 2. The van der Waals surface area contributed by atoms with E-state index >= 15 is 0 Å². The Hall–Kier alpha value is -2.25. The van der Waals surface area contributed by atoms with Crippen molar-refractivity contribution in [3.63, 3.8) is 0 Å². The molecule has 1 unspecified atom stereocenters. The molecule has 0 saturated carbocycles. The number of hydrogen-bond donors (Lipinski definition) is 1. The van der Waals surface area contributed by atoms with Crippen LogP contribution in [-0.2, 0) is 6.54 Å². The van der Waals surface area contributed by atoms with Gasteiger partial charge in [0.25, 0.3) is 0 Å². The zero-order chi connectivity index (χ0) is 19.1. The van der Waals surface area contributed by atoms with Gasteiger partial charge in [-0.05, 0) is 49.5 Å². The SMILES string of the molecule is COc1cc(CNCC(c2ccc(F)cc2)N(C)C)ccc1OC(F)F. The molecule has 142 valence electrons. The Bertz CT molecular complexity index is 694. The number of halogens is 3. The Labute approximate surface area is 151 Å². The summed E-state index contributed by atoms with van der Waals surface area (Å²) >= 11 is 0. The molecule has 0 saturated heterocycles. The van der Waals surface area contributed by atoms with Gasteiger partial charge in [-0.1, -0.05) is 18.2 Å². The summed E-state index contributed by atoms with van der Waals surface area (Å²) < 4.78 is 47.4. The van der Waals surface area contributed by atoms with Gasteiger partial charge in [-0.25, -0.2) is 4.39 Å². The second-order valence-electron chi connectivity index (χ2n) is 6.03. The minimum atomic E-state index is -2.90. The molecule has 0 aliphatic heterocycles. The van der Waals surface area contributed by atoms with Crippen LogP contribution in [0.1, 0.15) is 17.2 Å². The van der Waals surface area contributed by atoms with Crippen LogP contribution in [-0.4, -0.2) is 39.3 Å². The molecule has 0 aromatic heterocycles. The predicted octanol–water partition coefficient (Wildman–Crippen LogP) is 3.83. The van der Waals surface area contributed by atoms with Crippen molar-refractivity contribution in [2.75, 3.05) is 27.7 Å². The summed E-state index contributed by atoms with van der Waals surface area (Å²) in [4.78, 5) is 2.04. The van der Waals surface area contributed by atoms with E-state index in [-0.39, 0.29) is 23.4 Å². The van der Waals surface area contributed by atoms with Crippen LogP contribution in [0.3, 0.4) is 0 Å². The number of rotatable bonds is 9. The second kappa shape index (κ2) is 9.45. The molecule has 0 radical (unpaired) electrons. The molecule has 0 bridgehead atoms. The zero-order valence-electron chi connectivity index (χ0n) is 15.0. The van der Waals surface area contributed by atoms with Crippen LogP contribution in [0.15, 0.2) is 42.5 Å². The zero-order valence-corrected chi connectivity index (χ0v) is 15.0. The maximum absolute atomic E-state index is 13.1. The Morgan fingerprint density at radius 2 is 1.73 bits per heavy atom. The summed E-state index contributed by atoms with van der Waals surface area (Å²) in [6, 6.07) is 11.3. The molecule has 1 N–H and O–H groups in total. The summed E-state index contributed by atoms with van der Waals surface area (Å²) in [5, 5.41) is 3.33. The van der Waals surface area contributed by atoms with Gasteiger partial charge in [-0.2, -0.15) is 8.78 Å². The van der Waals surface area contributed by atoms with Gasteiger partial charge in [0.2, 0.25) is 0 Å².